The zero-order valence-electron chi connectivity index (χ0n) is 11.0. The van der Waals surface area contributed by atoms with Crippen molar-refractivity contribution < 1.29 is 22.8 Å². The number of carbonyl (C=O) groups excluding carboxylic acids is 1. The molecule has 1 unspecified atom stereocenters. The summed E-state index contributed by atoms with van der Waals surface area (Å²) in [6.07, 6.45) is 0. The molecule has 1 atom stereocenters. The van der Waals surface area contributed by atoms with Crippen LogP contribution in [-0.4, -0.2) is 41.8 Å². The van der Waals surface area contributed by atoms with Gasteiger partial charge in [-0.15, -0.1) is 0 Å². The van der Waals surface area contributed by atoms with Crippen molar-refractivity contribution in [3.05, 3.63) is 35.9 Å². The summed E-state index contributed by atoms with van der Waals surface area (Å²) in [7, 11) is 1.48. The summed E-state index contributed by atoms with van der Waals surface area (Å²) in [5.41, 5.74) is -0.0965. The molecule has 0 bridgehead atoms. The van der Waals surface area contributed by atoms with Crippen molar-refractivity contribution in [3.8, 4) is 0 Å². The van der Waals surface area contributed by atoms with Crippen LogP contribution in [0.3, 0.4) is 0 Å². The van der Waals surface area contributed by atoms with Gasteiger partial charge in [-0.3, -0.25) is 0 Å². The number of esters is 1. The number of ether oxygens (including phenoxy) is 1. The van der Waals surface area contributed by atoms with Gasteiger partial charge in [-0.2, -0.15) is 0 Å². The minimum absolute atomic E-state index is 0.425. The standard InChI is InChI=1S/C12H18O5Si/c1-10(18(14-2,15-3)16-4)17-12(13)11-8-6-5-7-9-11/h5-10H,1-4H3. The minimum atomic E-state index is -2.96. The Balaban J connectivity index is 2.75. The monoisotopic (exact) mass is 270 g/mol. The Morgan fingerprint density at radius 2 is 1.56 bits per heavy atom. The summed E-state index contributed by atoms with van der Waals surface area (Å²) in [5.74, 6) is -0.425. The van der Waals surface area contributed by atoms with Crippen molar-refractivity contribution in [3.63, 3.8) is 0 Å². The highest BCUT2D eigenvalue weighted by Crippen LogP contribution is 2.16. The van der Waals surface area contributed by atoms with Gasteiger partial charge in [-0.25, -0.2) is 4.79 Å². The average molecular weight is 270 g/mol. The van der Waals surface area contributed by atoms with Crippen LogP contribution < -0.4 is 0 Å². The summed E-state index contributed by atoms with van der Waals surface area (Å²) in [6.45, 7) is 1.70. The Morgan fingerprint density at radius 3 is 2.00 bits per heavy atom. The van der Waals surface area contributed by atoms with E-state index in [1.54, 1.807) is 31.2 Å². The molecule has 100 valence electrons. The molecular formula is C12H18O5Si. The van der Waals surface area contributed by atoms with Gasteiger partial charge in [0.1, 0.15) is 0 Å². The van der Waals surface area contributed by atoms with E-state index in [4.69, 9.17) is 18.0 Å². The van der Waals surface area contributed by atoms with Gasteiger partial charge in [0.05, 0.1) is 5.56 Å². The lowest BCUT2D eigenvalue weighted by Crippen LogP contribution is -2.54. The highest BCUT2D eigenvalue weighted by Gasteiger charge is 2.47. The van der Waals surface area contributed by atoms with Gasteiger partial charge in [0.15, 0.2) is 5.73 Å². The van der Waals surface area contributed by atoms with Crippen LogP contribution in [0.15, 0.2) is 30.3 Å². The first-order valence-corrected chi connectivity index (χ1v) is 7.31. The van der Waals surface area contributed by atoms with E-state index in [0.717, 1.165) is 0 Å². The molecule has 0 N–H and O–H groups in total. The molecule has 18 heavy (non-hydrogen) atoms. The van der Waals surface area contributed by atoms with E-state index in [0.29, 0.717) is 5.56 Å². The Morgan fingerprint density at radius 1 is 1.06 bits per heavy atom. The van der Waals surface area contributed by atoms with Crippen molar-refractivity contribution in [2.45, 2.75) is 12.7 Å². The Hall–Kier alpha value is -1.21. The summed E-state index contributed by atoms with van der Waals surface area (Å²) in [5, 5.41) is 0. The molecule has 0 heterocycles. The highest BCUT2D eigenvalue weighted by atomic mass is 28.4. The summed E-state index contributed by atoms with van der Waals surface area (Å²) in [6, 6.07) is 8.75. The summed E-state index contributed by atoms with van der Waals surface area (Å²) in [4.78, 5) is 11.9. The van der Waals surface area contributed by atoms with Crippen molar-refractivity contribution in [2.75, 3.05) is 21.3 Å². The zero-order valence-corrected chi connectivity index (χ0v) is 12.0. The Kier molecular flexibility index (Phi) is 5.48. The third-order valence-corrected chi connectivity index (χ3v) is 5.47. The number of hydrogen-bond acceptors (Lipinski definition) is 5. The van der Waals surface area contributed by atoms with Crippen LogP contribution in [0.5, 0.6) is 0 Å². The van der Waals surface area contributed by atoms with Gasteiger partial charge in [0.2, 0.25) is 0 Å². The van der Waals surface area contributed by atoms with Gasteiger partial charge in [0.25, 0.3) is 0 Å². The molecule has 0 aromatic heterocycles. The lowest BCUT2D eigenvalue weighted by atomic mass is 10.2. The van der Waals surface area contributed by atoms with Crippen LogP contribution in [0, 0.1) is 0 Å². The topological polar surface area (TPSA) is 54.0 Å². The fraction of sp³-hybridized carbons (Fsp3) is 0.417. The molecule has 0 saturated carbocycles. The third kappa shape index (κ3) is 3.17. The quantitative estimate of drug-likeness (QED) is 0.581. The summed E-state index contributed by atoms with van der Waals surface area (Å²) >= 11 is 0. The second-order valence-corrected chi connectivity index (χ2v) is 6.87. The molecule has 0 aliphatic heterocycles. The molecule has 0 saturated heterocycles. The maximum atomic E-state index is 11.9. The van der Waals surface area contributed by atoms with E-state index in [2.05, 4.69) is 0 Å². The van der Waals surface area contributed by atoms with E-state index in [-0.39, 0.29) is 0 Å². The maximum absolute atomic E-state index is 11.9. The second kappa shape index (κ2) is 6.65. The molecule has 5 nitrogen and oxygen atoms in total. The zero-order chi connectivity index (χ0) is 13.6. The number of rotatable bonds is 6. The van der Waals surface area contributed by atoms with E-state index in [1.807, 2.05) is 6.07 Å². The van der Waals surface area contributed by atoms with Crippen LogP contribution in [0.4, 0.5) is 0 Å². The molecule has 1 aromatic rings. The summed E-state index contributed by atoms with van der Waals surface area (Å²) < 4.78 is 21.1. The molecule has 0 radical (unpaired) electrons. The first kappa shape index (κ1) is 14.8. The van der Waals surface area contributed by atoms with E-state index < -0.39 is 20.5 Å². The van der Waals surface area contributed by atoms with Gasteiger partial charge >= 0.3 is 14.8 Å². The Bertz CT molecular complexity index is 369. The van der Waals surface area contributed by atoms with Crippen LogP contribution in [0.25, 0.3) is 0 Å². The molecule has 0 aliphatic carbocycles. The molecular weight excluding hydrogens is 252 g/mol. The molecule has 0 fully saturated rings. The van der Waals surface area contributed by atoms with E-state index >= 15 is 0 Å². The predicted octanol–water partition coefficient (Wildman–Crippen LogP) is 1.65. The van der Waals surface area contributed by atoms with Crippen molar-refractivity contribution in [2.24, 2.45) is 0 Å². The van der Waals surface area contributed by atoms with Crippen LogP contribution in [0.1, 0.15) is 17.3 Å². The van der Waals surface area contributed by atoms with Gasteiger partial charge in [0, 0.05) is 21.3 Å². The van der Waals surface area contributed by atoms with Crippen molar-refractivity contribution in [1.82, 2.24) is 0 Å². The molecule has 0 amide bonds. The second-order valence-electron chi connectivity index (χ2n) is 3.63. The molecule has 1 rings (SSSR count). The van der Waals surface area contributed by atoms with Crippen LogP contribution >= 0.6 is 0 Å². The fourth-order valence-corrected chi connectivity index (χ4v) is 3.37. The van der Waals surface area contributed by atoms with Crippen molar-refractivity contribution in [1.29, 1.82) is 0 Å². The largest absolute Gasteiger partial charge is 0.543 e. The molecule has 0 aliphatic rings. The first-order valence-electron chi connectivity index (χ1n) is 5.51. The minimum Gasteiger partial charge on any atom is -0.454 e. The first-order chi connectivity index (χ1) is 8.59. The third-order valence-electron chi connectivity index (χ3n) is 2.64. The highest BCUT2D eigenvalue weighted by molar-refractivity contribution is 6.62. The number of carbonyl (C=O) groups is 1. The lowest BCUT2D eigenvalue weighted by molar-refractivity contribution is 0.0181. The van der Waals surface area contributed by atoms with Gasteiger partial charge in [-0.05, 0) is 19.1 Å². The average Bonchev–Trinajstić information content (AvgIpc) is 2.42. The van der Waals surface area contributed by atoms with Crippen LogP contribution in [-0.2, 0) is 18.0 Å². The smallest absolute Gasteiger partial charge is 0.454 e. The lowest BCUT2D eigenvalue weighted by Gasteiger charge is -2.29. The van der Waals surface area contributed by atoms with Crippen molar-refractivity contribution >= 4 is 14.8 Å². The maximum Gasteiger partial charge on any atom is 0.543 e. The Labute approximate surface area is 108 Å². The van der Waals surface area contributed by atoms with Gasteiger partial charge < -0.3 is 18.0 Å². The number of hydrogen-bond donors (Lipinski definition) is 0. The van der Waals surface area contributed by atoms with E-state index in [9.17, 15) is 4.79 Å². The molecule has 6 heteroatoms. The SMILES string of the molecule is CO[Si](OC)(OC)C(C)OC(=O)c1ccccc1. The van der Waals surface area contributed by atoms with Gasteiger partial charge in [-0.1, -0.05) is 18.2 Å². The fourth-order valence-electron chi connectivity index (χ4n) is 1.62. The normalized spacial score (nSPS) is 13.1. The predicted molar refractivity (Wildman–Crippen MR) is 68.1 cm³/mol. The number of benzene rings is 1. The molecule has 0 spiro atoms. The van der Waals surface area contributed by atoms with Crippen LogP contribution in [0.2, 0.25) is 0 Å². The van der Waals surface area contributed by atoms with E-state index in [1.165, 1.54) is 21.3 Å². The molecule has 1 aromatic carbocycles.